The summed E-state index contributed by atoms with van der Waals surface area (Å²) in [5, 5.41) is 4.82. The average molecular weight is 385 g/mol. The molecule has 1 unspecified atom stereocenters. The molecule has 3 rings (SSSR count). The smallest absolute Gasteiger partial charge is 0.251 e. The number of hydrazine groups is 1. The fourth-order valence-electron chi connectivity index (χ4n) is 3.13. The van der Waals surface area contributed by atoms with Crippen molar-refractivity contribution in [3.05, 3.63) is 30.0 Å². The number of hydrogen-bond acceptors (Lipinski definition) is 8. The largest absolute Gasteiger partial charge is 0.495 e. The minimum Gasteiger partial charge on any atom is -0.495 e. The Morgan fingerprint density at radius 3 is 2.75 bits per heavy atom. The predicted molar refractivity (Wildman–Crippen MR) is 106 cm³/mol. The van der Waals surface area contributed by atoms with Gasteiger partial charge in [0.1, 0.15) is 17.5 Å². The van der Waals surface area contributed by atoms with E-state index in [2.05, 4.69) is 20.7 Å². The van der Waals surface area contributed by atoms with E-state index in [4.69, 9.17) is 10.5 Å². The zero-order valence-corrected chi connectivity index (χ0v) is 16.2. The molecule has 1 aliphatic rings. The van der Waals surface area contributed by atoms with Crippen LogP contribution in [0, 0.1) is 0 Å². The van der Waals surface area contributed by atoms with Crippen LogP contribution in [0.4, 0.5) is 23.1 Å². The van der Waals surface area contributed by atoms with E-state index in [1.54, 1.807) is 48.4 Å². The second-order valence-electron chi connectivity index (χ2n) is 6.22. The maximum absolute atomic E-state index is 12.6. The number of amides is 2. The average Bonchev–Trinajstić information content (AvgIpc) is 2.70. The molecule has 0 aliphatic carbocycles. The van der Waals surface area contributed by atoms with Crippen LogP contribution < -0.4 is 31.1 Å². The van der Waals surface area contributed by atoms with E-state index in [0.717, 1.165) is 0 Å². The Bertz CT molecular complexity index is 918. The number of fused-ring (bicyclic) bond motifs is 1. The lowest BCUT2D eigenvalue weighted by Gasteiger charge is -2.39. The van der Waals surface area contributed by atoms with Crippen molar-refractivity contribution in [1.29, 1.82) is 0 Å². The molecule has 0 spiro atoms. The normalized spacial score (nSPS) is 16.0. The standard InChI is InChI=1S/C18H23N7O3/c1-5-12-17(27)24(3)13-9-21-18(23-16(13)25(12)20-2)22-11-7-6-10(15(19)26)8-14(11)28-4/h6-9,12,20H,5H2,1-4H3,(H2,19,26)(H,21,22,23). The van der Waals surface area contributed by atoms with Gasteiger partial charge in [0.2, 0.25) is 11.9 Å². The quantitative estimate of drug-likeness (QED) is 0.673. The second-order valence-corrected chi connectivity index (χ2v) is 6.22. The van der Waals surface area contributed by atoms with Crippen LogP contribution in [0.1, 0.15) is 23.7 Å². The van der Waals surface area contributed by atoms with Gasteiger partial charge in [0, 0.05) is 19.7 Å². The zero-order valence-electron chi connectivity index (χ0n) is 16.2. The number of carbonyl (C=O) groups is 2. The second kappa shape index (κ2) is 7.69. The topological polar surface area (TPSA) is 126 Å². The number of methoxy groups -OCH3 is 1. The number of ether oxygens (including phenoxy) is 1. The van der Waals surface area contributed by atoms with Gasteiger partial charge in [-0.2, -0.15) is 4.98 Å². The van der Waals surface area contributed by atoms with Crippen LogP contribution in [-0.2, 0) is 4.79 Å². The fraction of sp³-hybridized carbons (Fsp3) is 0.333. The van der Waals surface area contributed by atoms with Crippen molar-refractivity contribution in [2.45, 2.75) is 19.4 Å². The monoisotopic (exact) mass is 385 g/mol. The number of hydrogen-bond donors (Lipinski definition) is 3. The Morgan fingerprint density at radius 1 is 1.39 bits per heavy atom. The maximum Gasteiger partial charge on any atom is 0.251 e. The van der Waals surface area contributed by atoms with Gasteiger partial charge >= 0.3 is 0 Å². The van der Waals surface area contributed by atoms with Crippen molar-refractivity contribution in [3.8, 4) is 5.75 Å². The number of rotatable bonds is 6. The van der Waals surface area contributed by atoms with Crippen LogP contribution in [0.25, 0.3) is 0 Å². The summed E-state index contributed by atoms with van der Waals surface area (Å²) in [6, 6.07) is 4.44. The molecule has 148 valence electrons. The highest BCUT2D eigenvalue weighted by atomic mass is 16.5. The van der Waals surface area contributed by atoms with E-state index in [0.29, 0.717) is 40.9 Å². The minimum atomic E-state index is -0.544. The van der Waals surface area contributed by atoms with Gasteiger partial charge in [-0.3, -0.25) is 14.6 Å². The molecule has 1 aromatic carbocycles. The number of primary amides is 1. The van der Waals surface area contributed by atoms with Crippen LogP contribution in [0.5, 0.6) is 5.75 Å². The first-order valence-corrected chi connectivity index (χ1v) is 8.77. The highest BCUT2D eigenvalue weighted by Gasteiger charge is 2.36. The van der Waals surface area contributed by atoms with Gasteiger partial charge < -0.3 is 20.7 Å². The molecule has 28 heavy (non-hydrogen) atoms. The predicted octanol–water partition coefficient (Wildman–Crippen LogP) is 1.02. The molecular formula is C18H23N7O3. The van der Waals surface area contributed by atoms with Crippen molar-refractivity contribution in [3.63, 3.8) is 0 Å². The molecule has 1 aliphatic heterocycles. The van der Waals surface area contributed by atoms with E-state index < -0.39 is 5.91 Å². The van der Waals surface area contributed by atoms with Gasteiger partial charge in [0.25, 0.3) is 5.91 Å². The SMILES string of the molecule is CCC1C(=O)N(C)c2cnc(Nc3ccc(C(N)=O)cc3OC)nc2N1NC. The van der Waals surface area contributed by atoms with Gasteiger partial charge in [-0.05, 0) is 24.6 Å². The molecule has 10 nitrogen and oxygen atoms in total. The van der Waals surface area contributed by atoms with E-state index >= 15 is 0 Å². The van der Waals surface area contributed by atoms with Crippen molar-refractivity contribution in [2.24, 2.45) is 5.73 Å². The highest BCUT2D eigenvalue weighted by molar-refractivity contribution is 6.04. The first kappa shape index (κ1) is 19.4. The first-order chi connectivity index (χ1) is 13.4. The molecule has 1 atom stereocenters. The molecule has 2 amide bonds. The fourth-order valence-corrected chi connectivity index (χ4v) is 3.13. The lowest BCUT2D eigenvalue weighted by Crippen LogP contribution is -2.56. The molecule has 0 saturated carbocycles. The number of anilines is 4. The lowest BCUT2D eigenvalue weighted by molar-refractivity contribution is -0.120. The Balaban J connectivity index is 1.98. The van der Waals surface area contributed by atoms with Gasteiger partial charge in [-0.15, -0.1) is 0 Å². The highest BCUT2D eigenvalue weighted by Crippen LogP contribution is 2.34. The Labute approximate surface area is 162 Å². The molecular weight excluding hydrogens is 362 g/mol. The third kappa shape index (κ3) is 3.29. The van der Waals surface area contributed by atoms with E-state index in [9.17, 15) is 9.59 Å². The van der Waals surface area contributed by atoms with Crippen LogP contribution in [0.2, 0.25) is 0 Å². The summed E-state index contributed by atoms with van der Waals surface area (Å²) in [4.78, 5) is 34.4. The summed E-state index contributed by atoms with van der Waals surface area (Å²) in [5.41, 5.74) is 9.87. The summed E-state index contributed by atoms with van der Waals surface area (Å²) in [6.07, 6.45) is 2.21. The zero-order chi connectivity index (χ0) is 20.4. The van der Waals surface area contributed by atoms with Crippen molar-refractivity contribution >= 4 is 35.0 Å². The van der Waals surface area contributed by atoms with Gasteiger partial charge in [-0.25, -0.2) is 10.4 Å². The number of carbonyl (C=O) groups excluding carboxylic acids is 2. The van der Waals surface area contributed by atoms with Gasteiger partial charge in [-0.1, -0.05) is 6.92 Å². The molecule has 4 N–H and O–H groups in total. The minimum absolute atomic E-state index is 0.0302. The molecule has 0 fully saturated rings. The Hall–Kier alpha value is -3.40. The summed E-state index contributed by atoms with van der Waals surface area (Å²) >= 11 is 0. The van der Waals surface area contributed by atoms with Crippen molar-refractivity contribution in [2.75, 3.05) is 36.4 Å². The van der Waals surface area contributed by atoms with Crippen LogP contribution in [0.3, 0.4) is 0 Å². The number of benzene rings is 1. The van der Waals surface area contributed by atoms with Gasteiger partial charge in [0.15, 0.2) is 5.82 Å². The molecule has 1 aromatic heterocycles. The Kier molecular flexibility index (Phi) is 5.32. The first-order valence-electron chi connectivity index (χ1n) is 8.77. The van der Waals surface area contributed by atoms with Crippen LogP contribution in [-0.4, -0.2) is 49.0 Å². The van der Waals surface area contributed by atoms with E-state index in [1.807, 2.05) is 6.92 Å². The Morgan fingerprint density at radius 2 is 2.14 bits per heavy atom. The van der Waals surface area contributed by atoms with Gasteiger partial charge in [0.05, 0.1) is 19.0 Å². The molecule has 0 bridgehead atoms. The van der Waals surface area contributed by atoms with Crippen molar-refractivity contribution < 1.29 is 14.3 Å². The van der Waals surface area contributed by atoms with E-state index in [-0.39, 0.29) is 11.9 Å². The molecule has 0 radical (unpaired) electrons. The van der Waals surface area contributed by atoms with Crippen molar-refractivity contribution in [1.82, 2.24) is 15.4 Å². The lowest BCUT2D eigenvalue weighted by atomic mass is 10.1. The van der Waals surface area contributed by atoms with Crippen LogP contribution >= 0.6 is 0 Å². The van der Waals surface area contributed by atoms with Crippen LogP contribution in [0.15, 0.2) is 24.4 Å². The molecule has 0 saturated heterocycles. The number of nitrogens with zero attached hydrogens (tertiary/aromatic N) is 4. The third-order valence-corrected chi connectivity index (χ3v) is 4.63. The summed E-state index contributed by atoms with van der Waals surface area (Å²) < 4.78 is 5.33. The maximum atomic E-state index is 12.6. The van der Waals surface area contributed by atoms with E-state index in [1.165, 1.54) is 7.11 Å². The third-order valence-electron chi connectivity index (χ3n) is 4.63. The molecule has 2 aromatic rings. The summed E-state index contributed by atoms with van der Waals surface area (Å²) in [5.74, 6) is 0.764. The number of nitrogens with one attached hydrogen (secondary N) is 2. The molecule has 2 heterocycles. The number of likely N-dealkylation sites (N-methyl/N-ethyl adjacent to an activating group) is 1. The summed E-state index contributed by atoms with van der Waals surface area (Å²) in [6.45, 7) is 1.94. The number of nitrogens with two attached hydrogens (primary N) is 1. The molecule has 10 heteroatoms. The summed E-state index contributed by atoms with van der Waals surface area (Å²) in [7, 11) is 4.94. The number of aromatic nitrogens is 2.